The fourth-order valence-electron chi connectivity index (χ4n) is 2.94. The topological polar surface area (TPSA) is 180 Å². The quantitative estimate of drug-likeness (QED) is 0.126. The summed E-state index contributed by atoms with van der Waals surface area (Å²) in [6, 6.07) is 11.2. The minimum Gasteiger partial charge on any atom is -0.376 e. The SMILES string of the molecule is CC(C)C[C@H](N)C(=O)Nc1ccc(C#Cc2ccc(C(=O)N[C@H](C(=O)NO)[C@@H](N)O)cc2)cc1. The maximum atomic E-state index is 12.3. The average Bonchev–Trinajstić information content (AvgIpc) is 2.81. The van der Waals surface area contributed by atoms with Gasteiger partial charge in [0.25, 0.3) is 11.8 Å². The van der Waals surface area contributed by atoms with Gasteiger partial charge in [-0.2, -0.15) is 0 Å². The maximum Gasteiger partial charge on any atom is 0.270 e. The summed E-state index contributed by atoms with van der Waals surface area (Å²) in [7, 11) is 0. The van der Waals surface area contributed by atoms with E-state index in [9.17, 15) is 19.5 Å². The van der Waals surface area contributed by atoms with Crippen LogP contribution in [0.2, 0.25) is 0 Å². The molecule has 0 aliphatic heterocycles. The fraction of sp³-hybridized carbons (Fsp3) is 0.292. The summed E-state index contributed by atoms with van der Waals surface area (Å²) in [5.74, 6) is 4.34. The van der Waals surface area contributed by atoms with Gasteiger partial charge in [0.15, 0.2) is 0 Å². The van der Waals surface area contributed by atoms with E-state index in [2.05, 4.69) is 22.5 Å². The number of rotatable bonds is 8. The second-order valence-electron chi connectivity index (χ2n) is 8.05. The molecule has 9 N–H and O–H groups in total. The van der Waals surface area contributed by atoms with Crippen molar-refractivity contribution in [2.45, 2.75) is 38.6 Å². The van der Waals surface area contributed by atoms with E-state index in [4.69, 9.17) is 16.7 Å². The number of carbonyl (C=O) groups is 3. The Kier molecular flexibility index (Phi) is 9.73. The molecule has 2 aromatic carbocycles. The van der Waals surface area contributed by atoms with Crippen LogP contribution in [0.25, 0.3) is 0 Å². The van der Waals surface area contributed by atoms with E-state index in [1.165, 1.54) is 17.6 Å². The summed E-state index contributed by atoms with van der Waals surface area (Å²) in [4.78, 5) is 35.9. The van der Waals surface area contributed by atoms with Gasteiger partial charge in [0, 0.05) is 22.4 Å². The van der Waals surface area contributed by atoms with Crippen molar-refractivity contribution in [3.8, 4) is 11.8 Å². The van der Waals surface area contributed by atoms with Crippen molar-refractivity contribution < 1.29 is 24.7 Å². The van der Waals surface area contributed by atoms with Crippen LogP contribution in [-0.4, -0.2) is 46.3 Å². The van der Waals surface area contributed by atoms with Gasteiger partial charge in [-0.1, -0.05) is 25.7 Å². The number of hydrogen-bond donors (Lipinski definition) is 7. The Morgan fingerprint density at radius 1 is 0.912 bits per heavy atom. The highest BCUT2D eigenvalue weighted by Gasteiger charge is 2.26. The summed E-state index contributed by atoms with van der Waals surface area (Å²) < 4.78 is 0. The van der Waals surface area contributed by atoms with E-state index >= 15 is 0 Å². The molecule has 0 fully saturated rings. The lowest BCUT2D eigenvalue weighted by atomic mass is 10.0. The molecule has 0 bridgehead atoms. The van der Waals surface area contributed by atoms with Crippen LogP contribution < -0.4 is 27.6 Å². The summed E-state index contributed by atoms with van der Waals surface area (Å²) in [5.41, 5.74) is 14.7. The molecule has 0 saturated carbocycles. The van der Waals surface area contributed by atoms with Gasteiger partial charge in [-0.3, -0.25) is 19.6 Å². The van der Waals surface area contributed by atoms with Crippen LogP contribution in [0.3, 0.4) is 0 Å². The number of anilines is 1. The largest absolute Gasteiger partial charge is 0.376 e. The molecular weight excluding hydrogens is 438 g/mol. The number of hydroxylamine groups is 1. The molecule has 10 heteroatoms. The third-order valence-electron chi connectivity index (χ3n) is 4.73. The van der Waals surface area contributed by atoms with Gasteiger partial charge in [0.1, 0.15) is 12.3 Å². The van der Waals surface area contributed by atoms with Crippen LogP contribution >= 0.6 is 0 Å². The molecule has 3 amide bonds. The van der Waals surface area contributed by atoms with Gasteiger partial charge >= 0.3 is 0 Å². The first-order valence-electron chi connectivity index (χ1n) is 10.6. The van der Waals surface area contributed by atoms with Crippen molar-refractivity contribution in [3.63, 3.8) is 0 Å². The number of hydrogen-bond acceptors (Lipinski definition) is 7. The molecule has 0 spiro atoms. The zero-order chi connectivity index (χ0) is 25.3. The van der Waals surface area contributed by atoms with E-state index in [1.807, 2.05) is 13.8 Å². The maximum absolute atomic E-state index is 12.3. The van der Waals surface area contributed by atoms with Crippen molar-refractivity contribution in [1.29, 1.82) is 0 Å². The Labute approximate surface area is 197 Å². The van der Waals surface area contributed by atoms with E-state index in [1.54, 1.807) is 36.4 Å². The first-order valence-corrected chi connectivity index (χ1v) is 10.6. The van der Waals surface area contributed by atoms with Gasteiger partial charge < -0.3 is 27.2 Å². The molecule has 34 heavy (non-hydrogen) atoms. The first-order chi connectivity index (χ1) is 16.1. The average molecular weight is 468 g/mol. The van der Waals surface area contributed by atoms with Crippen LogP contribution in [0.1, 0.15) is 41.8 Å². The lowest BCUT2D eigenvalue weighted by molar-refractivity contribution is -0.133. The normalized spacial score (nSPS) is 13.1. The highest BCUT2D eigenvalue weighted by molar-refractivity contribution is 5.97. The summed E-state index contributed by atoms with van der Waals surface area (Å²) >= 11 is 0. The van der Waals surface area contributed by atoms with Crippen molar-refractivity contribution in [2.75, 3.05) is 5.32 Å². The third-order valence-corrected chi connectivity index (χ3v) is 4.73. The van der Waals surface area contributed by atoms with E-state index in [-0.39, 0.29) is 11.5 Å². The molecule has 0 unspecified atom stereocenters. The smallest absolute Gasteiger partial charge is 0.270 e. The molecule has 2 rings (SSSR count). The van der Waals surface area contributed by atoms with Crippen LogP contribution in [-0.2, 0) is 9.59 Å². The molecule has 10 nitrogen and oxygen atoms in total. The van der Waals surface area contributed by atoms with Crippen LogP contribution in [0, 0.1) is 17.8 Å². The molecule has 0 aromatic heterocycles. The standard InChI is InChI=1S/C24H29N5O5/c1-14(2)13-19(25)23(32)27-18-11-7-16(8-12-18)4-3-15-5-9-17(10-6-15)22(31)28-20(21(26)30)24(33)29-34/h5-12,14,19-21,30,34H,13,25-26H2,1-2H3,(H,27,32)(H,28,31)(H,29,33)/t19-,20-,21-/m0/s1. The van der Waals surface area contributed by atoms with Crippen LogP contribution in [0.4, 0.5) is 5.69 Å². The molecule has 180 valence electrons. The van der Waals surface area contributed by atoms with Gasteiger partial charge in [-0.15, -0.1) is 0 Å². The molecule has 0 aliphatic rings. The zero-order valence-corrected chi connectivity index (χ0v) is 18.9. The minimum atomic E-state index is -1.70. The van der Waals surface area contributed by atoms with Crippen molar-refractivity contribution in [3.05, 3.63) is 65.2 Å². The lowest BCUT2D eigenvalue weighted by Crippen LogP contribution is -2.55. The number of amides is 3. The Bertz CT molecular complexity index is 1060. The predicted molar refractivity (Wildman–Crippen MR) is 126 cm³/mol. The summed E-state index contributed by atoms with van der Waals surface area (Å²) in [6.07, 6.45) is -1.10. The Balaban J connectivity index is 1.99. The van der Waals surface area contributed by atoms with Crippen LogP contribution in [0.5, 0.6) is 0 Å². The van der Waals surface area contributed by atoms with Crippen molar-refractivity contribution in [2.24, 2.45) is 17.4 Å². The fourth-order valence-corrected chi connectivity index (χ4v) is 2.94. The van der Waals surface area contributed by atoms with Gasteiger partial charge in [-0.25, -0.2) is 5.48 Å². The second kappa shape index (κ2) is 12.5. The lowest BCUT2D eigenvalue weighted by Gasteiger charge is -2.18. The number of aliphatic hydroxyl groups is 1. The predicted octanol–water partition coefficient (Wildman–Crippen LogP) is 0.279. The first kappa shape index (κ1) is 26.5. The molecule has 2 aromatic rings. The number of carbonyl (C=O) groups excluding carboxylic acids is 3. The second-order valence-corrected chi connectivity index (χ2v) is 8.05. The third kappa shape index (κ3) is 7.99. The van der Waals surface area contributed by atoms with E-state index in [0.717, 1.165) is 5.56 Å². The molecule has 0 saturated heterocycles. The molecule has 3 atom stereocenters. The monoisotopic (exact) mass is 467 g/mol. The Hall–Kier alpha value is -3.75. The van der Waals surface area contributed by atoms with Crippen molar-refractivity contribution >= 4 is 23.4 Å². The minimum absolute atomic E-state index is 0.206. The zero-order valence-electron chi connectivity index (χ0n) is 18.9. The number of nitrogens with two attached hydrogens (primary N) is 2. The van der Waals surface area contributed by atoms with E-state index in [0.29, 0.717) is 23.6 Å². The van der Waals surface area contributed by atoms with Gasteiger partial charge in [0.2, 0.25) is 5.91 Å². The van der Waals surface area contributed by atoms with Gasteiger partial charge in [0.05, 0.1) is 6.04 Å². The van der Waals surface area contributed by atoms with E-state index < -0.39 is 30.1 Å². The summed E-state index contributed by atoms with van der Waals surface area (Å²) in [5, 5.41) is 23.1. The van der Waals surface area contributed by atoms with Crippen molar-refractivity contribution in [1.82, 2.24) is 10.8 Å². The molecular formula is C24H29N5O5. The van der Waals surface area contributed by atoms with Crippen LogP contribution in [0.15, 0.2) is 48.5 Å². The molecule has 0 heterocycles. The Morgan fingerprint density at radius 2 is 1.44 bits per heavy atom. The summed E-state index contributed by atoms with van der Waals surface area (Å²) in [6.45, 7) is 4.01. The number of aliphatic hydroxyl groups excluding tert-OH is 1. The highest BCUT2D eigenvalue weighted by Crippen LogP contribution is 2.11. The molecule has 0 radical (unpaired) electrons. The number of benzene rings is 2. The highest BCUT2D eigenvalue weighted by atomic mass is 16.5. The Morgan fingerprint density at radius 3 is 1.91 bits per heavy atom. The van der Waals surface area contributed by atoms with Gasteiger partial charge in [-0.05, 0) is 60.9 Å². The molecule has 0 aliphatic carbocycles. The number of nitrogens with one attached hydrogen (secondary N) is 3.